The first-order valence-corrected chi connectivity index (χ1v) is 8.75. The Bertz CT molecular complexity index is 774. The normalized spacial score (nSPS) is 10.5. The summed E-state index contributed by atoms with van der Waals surface area (Å²) in [6, 6.07) is 5.44. The summed E-state index contributed by atoms with van der Waals surface area (Å²) >= 11 is 0. The van der Waals surface area contributed by atoms with E-state index in [4.69, 9.17) is 19.5 Å². The number of hydrogen-bond acceptors (Lipinski definition) is 5. The van der Waals surface area contributed by atoms with Crippen molar-refractivity contribution in [1.82, 2.24) is 0 Å². The molecule has 6 nitrogen and oxygen atoms in total. The number of aliphatic carboxylic acids is 1. The first-order valence-electron chi connectivity index (χ1n) is 8.75. The molecule has 0 bridgehead atoms. The van der Waals surface area contributed by atoms with Crippen molar-refractivity contribution in [3.8, 4) is 6.07 Å². The predicted octanol–water partition coefficient (Wildman–Crippen LogP) is 3.79. The lowest BCUT2D eigenvalue weighted by Crippen LogP contribution is -2.10. The number of benzene rings is 1. The number of ether oxygens (including phenoxy) is 3. The van der Waals surface area contributed by atoms with Gasteiger partial charge in [0.25, 0.3) is 0 Å². The van der Waals surface area contributed by atoms with Crippen LogP contribution in [0, 0.1) is 11.3 Å². The third-order valence-corrected chi connectivity index (χ3v) is 4.00. The Balaban J connectivity index is 3.43. The summed E-state index contributed by atoms with van der Waals surface area (Å²) in [4.78, 5) is 11.3. The Morgan fingerprint density at radius 3 is 2.00 bits per heavy atom. The van der Waals surface area contributed by atoms with Gasteiger partial charge in [-0.25, -0.2) is 4.79 Å². The number of carboxylic acids is 1. The standard InChI is InChI=1S/C22H25NO5/c1-4-26-12-9-17-7-8-18(15-19(16-23)22(24)25)21(11-14-28-6-3)20(17)10-13-27-5-2/h4-8,15H,1-3,9-14H2,(H,24,25)/b19-15+. The Labute approximate surface area is 165 Å². The average molecular weight is 383 g/mol. The van der Waals surface area contributed by atoms with E-state index in [2.05, 4.69) is 19.7 Å². The van der Waals surface area contributed by atoms with Crippen molar-refractivity contribution in [2.45, 2.75) is 19.3 Å². The van der Waals surface area contributed by atoms with Crippen LogP contribution < -0.4 is 0 Å². The molecule has 1 aromatic carbocycles. The fourth-order valence-electron chi connectivity index (χ4n) is 2.77. The van der Waals surface area contributed by atoms with Gasteiger partial charge in [0.1, 0.15) is 11.6 Å². The van der Waals surface area contributed by atoms with Crippen LogP contribution >= 0.6 is 0 Å². The van der Waals surface area contributed by atoms with Crippen molar-refractivity contribution in [3.05, 3.63) is 78.5 Å². The lowest BCUT2D eigenvalue weighted by Gasteiger charge is -2.18. The second-order valence-corrected chi connectivity index (χ2v) is 5.61. The first kappa shape index (κ1) is 22.6. The molecule has 0 aromatic heterocycles. The van der Waals surface area contributed by atoms with Gasteiger partial charge in [0, 0.05) is 19.3 Å². The molecule has 0 aliphatic rings. The maximum Gasteiger partial charge on any atom is 0.346 e. The van der Waals surface area contributed by atoms with E-state index < -0.39 is 5.97 Å². The number of carboxylic acid groups (broad SMARTS) is 1. The Hall–Kier alpha value is -3.46. The van der Waals surface area contributed by atoms with E-state index in [1.165, 1.54) is 24.9 Å². The summed E-state index contributed by atoms with van der Waals surface area (Å²) in [5, 5.41) is 18.3. The molecule has 0 aliphatic heterocycles. The maximum absolute atomic E-state index is 11.3. The minimum atomic E-state index is -1.27. The highest BCUT2D eigenvalue weighted by atomic mass is 16.5. The largest absolute Gasteiger partial charge is 0.501 e. The summed E-state index contributed by atoms with van der Waals surface area (Å²) in [6.45, 7) is 11.9. The number of rotatable bonds is 14. The van der Waals surface area contributed by atoms with Gasteiger partial charge in [-0.15, -0.1) is 0 Å². The molecule has 6 heteroatoms. The summed E-state index contributed by atoms with van der Waals surface area (Å²) in [6.07, 6.45) is 7.28. The van der Waals surface area contributed by atoms with E-state index in [9.17, 15) is 9.90 Å². The molecule has 0 saturated carbocycles. The van der Waals surface area contributed by atoms with E-state index in [1.54, 1.807) is 6.07 Å². The topological polar surface area (TPSA) is 88.8 Å². The number of nitrogens with zero attached hydrogens (tertiary/aromatic N) is 1. The van der Waals surface area contributed by atoms with Crippen LogP contribution in [0.25, 0.3) is 6.08 Å². The van der Waals surface area contributed by atoms with Crippen molar-refractivity contribution >= 4 is 12.0 Å². The molecule has 0 aliphatic carbocycles. The zero-order chi connectivity index (χ0) is 20.8. The van der Waals surface area contributed by atoms with Crippen LogP contribution in [0.4, 0.5) is 0 Å². The van der Waals surface area contributed by atoms with Crippen LogP contribution in [0.2, 0.25) is 0 Å². The third kappa shape index (κ3) is 7.04. The first-order chi connectivity index (χ1) is 13.6. The van der Waals surface area contributed by atoms with Gasteiger partial charge in [-0.1, -0.05) is 31.9 Å². The zero-order valence-electron chi connectivity index (χ0n) is 15.9. The van der Waals surface area contributed by atoms with Gasteiger partial charge >= 0.3 is 5.97 Å². The molecule has 0 heterocycles. The molecule has 1 aromatic rings. The highest BCUT2D eigenvalue weighted by molar-refractivity contribution is 5.96. The number of hydrogen-bond donors (Lipinski definition) is 1. The van der Waals surface area contributed by atoms with Gasteiger partial charge < -0.3 is 19.3 Å². The lowest BCUT2D eigenvalue weighted by atomic mass is 9.90. The molecular weight excluding hydrogens is 358 g/mol. The van der Waals surface area contributed by atoms with Crippen LogP contribution in [0.1, 0.15) is 22.3 Å². The lowest BCUT2D eigenvalue weighted by molar-refractivity contribution is -0.132. The van der Waals surface area contributed by atoms with E-state index in [0.717, 1.165) is 16.7 Å². The van der Waals surface area contributed by atoms with Crippen LogP contribution in [-0.4, -0.2) is 30.9 Å². The Morgan fingerprint density at radius 2 is 1.50 bits per heavy atom. The van der Waals surface area contributed by atoms with Crippen molar-refractivity contribution in [2.24, 2.45) is 0 Å². The van der Waals surface area contributed by atoms with E-state index in [0.29, 0.717) is 44.6 Å². The van der Waals surface area contributed by atoms with Crippen molar-refractivity contribution < 1.29 is 24.1 Å². The van der Waals surface area contributed by atoms with E-state index in [-0.39, 0.29) is 5.57 Å². The Kier molecular flexibility index (Phi) is 10.3. The Morgan fingerprint density at radius 1 is 0.964 bits per heavy atom. The van der Waals surface area contributed by atoms with Gasteiger partial charge in [-0.2, -0.15) is 5.26 Å². The summed E-state index contributed by atoms with van der Waals surface area (Å²) in [5.41, 5.74) is 3.29. The minimum Gasteiger partial charge on any atom is -0.501 e. The molecule has 0 spiro atoms. The summed E-state index contributed by atoms with van der Waals surface area (Å²) < 4.78 is 15.8. The summed E-state index contributed by atoms with van der Waals surface area (Å²) in [5.74, 6) is -1.27. The van der Waals surface area contributed by atoms with E-state index >= 15 is 0 Å². The fourth-order valence-corrected chi connectivity index (χ4v) is 2.77. The van der Waals surface area contributed by atoms with Crippen molar-refractivity contribution in [1.29, 1.82) is 5.26 Å². The number of nitriles is 1. The van der Waals surface area contributed by atoms with Gasteiger partial charge in [0.2, 0.25) is 0 Å². The molecule has 0 amide bonds. The molecule has 1 N–H and O–H groups in total. The molecule has 0 atom stereocenters. The molecule has 0 unspecified atom stereocenters. The van der Waals surface area contributed by atoms with E-state index in [1.807, 2.05) is 12.1 Å². The number of carbonyl (C=O) groups is 1. The van der Waals surface area contributed by atoms with Crippen LogP contribution in [0.5, 0.6) is 0 Å². The molecule has 0 saturated heterocycles. The molecule has 1 rings (SSSR count). The second-order valence-electron chi connectivity index (χ2n) is 5.61. The molecular formula is C22H25NO5. The van der Waals surface area contributed by atoms with Crippen molar-refractivity contribution in [3.63, 3.8) is 0 Å². The highest BCUT2D eigenvalue weighted by Gasteiger charge is 2.15. The fraction of sp³-hybridized carbons (Fsp3) is 0.273. The summed E-state index contributed by atoms with van der Waals surface area (Å²) in [7, 11) is 0. The van der Waals surface area contributed by atoms with Gasteiger partial charge in [-0.3, -0.25) is 0 Å². The molecule has 0 radical (unpaired) electrons. The van der Waals surface area contributed by atoms with Crippen LogP contribution in [0.15, 0.2) is 56.2 Å². The average Bonchev–Trinajstić information content (AvgIpc) is 2.68. The minimum absolute atomic E-state index is 0.332. The highest BCUT2D eigenvalue weighted by Crippen LogP contribution is 2.24. The third-order valence-electron chi connectivity index (χ3n) is 4.00. The van der Waals surface area contributed by atoms with Crippen LogP contribution in [-0.2, 0) is 38.3 Å². The van der Waals surface area contributed by atoms with Crippen molar-refractivity contribution in [2.75, 3.05) is 19.8 Å². The quantitative estimate of drug-likeness (QED) is 0.228. The second kappa shape index (κ2) is 12.8. The maximum atomic E-state index is 11.3. The van der Waals surface area contributed by atoms with Gasteiger partial charge in [0.15, 0.2) is 0 Å². The molecule has 148 valence electrons. The SMILES string of the molecule is C=COCCc1ccc(/C=C(\C#N)C(=O)O)c(CCOC=C)c1CCOC=C. The molecule has 28 heavy (non-hydrogen) atoms. The smallest absolute Gasteiger partial charge is 0.346 e. The monoisotopic (exact) mass is 383 g/mol. The van der Waals surface area contributed by atoms with Gasteiger partial charge in [0.05, 0.1) is 38.6 Å². The zero-order valence-corrected chi connectivity index (χ0v) is 15.9. The van der Waals surface area contributed by atoms with Gasteiger partial charge in [-0.05, 0) is 28.3 Å². The van der Waals surface area contributed by atoms with Crippen LogP contribution in [0.3, 0.4) is 0 Å². The predicted molar refractivity (Wildman–Crippen MR) is 107 cm³/mol. The molecule has 0 fully saturated rings.